The van der Waals surface area contributed by atoms with Crippen molar-refractivity contribution in [3.8, 4) is 22.8 Å². The fourth-order valence-electron chi connectivity index (χ4n) is 2.33. The summed E-state index contributed by atoms with van der Waals surface area (Å²) < 4.78 is 15.9. The van der Waals surface area contributed by atoms with E-state index in [1.54, 1.807) is 25.3 Å². The standard InChI is InChI=1S/C20H20N2O4/c1-14-6-8-15(9-7-14)19-10-16(22-26-19)12-21-20(23)13-25-18-5-3-4-17(11-18)24-2/h3-11H,12-13H2,1-2H3,(H,21,23). The molecule has 0 aliphatic carbocycles. The first-order valence-corrected chi connectivity index (χ1v) is 8.20. The van der Waals surface area contributed by atoms with Crippen LogP contribution in [-0.2, 0) is 11.3 Å². The van der Waals surface area contributed by atoms with Crippen LogP contribution in [0, 0.1) is 6.92 Å². The summed E-state index contributed by atoms with van der Waals surface area (Å²) in [7, 11) is 1.58. The van der Waals surface area contributed by atoms with Gasteiger partial charge in [0.05, 0.1) is 13.7 Å². The summed E-state index contributed by atoms with van der Waals surface area (Å²) in [5.74, 6) is 1.67. The van der Waals surface area contributed by atoms with Crippen LogP contribution < -0.4 is 14.8 Å². The number of hydrogen-bond acceptors (Lipinski definition) is 5. The number of nitrogens with zero attached hydrogens (tertiary/aromatic N) is 1. The van der Waals surface area contributed by atoms with Crippen LogP contribution in [0.4, 0.5) is 0 Å². The minimum absolute atomic E-state index is 0.0875. The van der Waals surface area contributed by atoms with Gasteiger partial charge in [-0.3, -0.25) is 4.79 Å². The molecule has 3 aromatic rings. The maximum absolute atomic E-state index is 11.9. The summed E-state index contributed by atoms with van der Waals surface area (Å²) in [6, 6.07) is 16.9. The zero-order valence-corrected chi connectivity index (χ0v) is 14.7. The number of methoxy groups -OCH3 is 1. The van der Waals surface area contributed by atoms with E-state index in [0.29, 0.717) is 23.0 Å². The Morgan fingerprint density at radius 1 is 1.12 bits per heavy atom. The zero-order valence-electron chi connectivity index (χ0n) is 14.7. The van der Waals surface area contributed by atoms with Crippen LogP contribution in [0.1, 0.15) is 11.3 Å². The molecule has 1 N–H and O–H groups in total. The third-order valence-electron chi connectivity index (χ3n) is 3.77. The number of ether oxygens (including phenoxy) is 2. The Morgan fingerprint density at radius 2 is 1.88 bits per heavy atom. The van der Waals surface area contributed by atoms with E-state index in [1.807, 2.05) is 43.3 Å². The summed E-state index contributed by atoms with van der Waals surface area (Å²) in [6.45, 7) is 2.21. The number of carbonyl (C=O) groups is 1. The highest BCUT2D eigenvalue weighted by molar-refractivity contribution is 5.77. The Labute approximate surface area is 151 Å². The van der Waals surface area contributed by atoms with E-state index in [1.165, 1.54) is 5.56 Å². The van der Waals surface area contributed by atoms with Gasteiger partial charge in [-0.25, -0.2) is 0 Å². The first-order chi connectivity index (χ1) is 12.6. The van der Waals surface area contributed by atoms with E-state index in [-0.39, 0.29) is 19.1 Å². The lowest BCUT2D eigenvalue weighted by Crippen LogP contribution is -2.28. The quantitative estimate of drug-likeness (QED) is 0.706. The smallest absolute Gasteiger partial charge is 0.258 e. The Bertz CT molecular complexity index is 872. The van der Waals surface area contributed by atoms with Gasteiger partial charge < -0.3 is 19.3 Å². The summed E-state index contributed by atoms with van der Waals surface area (Å²) in [4.78, 5) is 11.9. The predicted molar refractivity (Wildman–Crippen MR) is 97.0 cm³/mol. The molecule has 26 heavy (non-hydrogen) atoms. The monoisotopic (exact) mass is 352 g/mol. The molecule has 1 heterocycles. The first-order valence-electron chi connectivity index (χ1n) is 8.20. The van der Waals surface area contributed by atoms with Crippen LogP contribution in [-0.4, -0.2) is 24.8 Å². The third-order valence-corrected chi connectivity index (χ3v) is 3.77. The molecule has 0 aliphatic rings. The molecule has 0 fully saturated rings. The number of nitrogens with one attached hydrogen (secondary N) is 1. The van der Waals surface area contributed by atoms with Gasteiger partial charge in [0, 0.05) is 17.7 Å². The molecular weight excluding hydrogens is 332 g/mol. The molecular formula is C20H20N2O4. The lowest BCUT2D eigenvalue weighted by atomic mass is 10.1. The van der Waals surface area contributed by atoms with Crippen LogP contribution in [0.5, 0.6) is 11.5 Å². The SMILES string of the molecule is COc1cccc(OCC(=O)NCc2cc(-c3ccc(C)cc3)on2)c1. The van der Waals surface area contributed by atoms with Gasteiger partial charge in [-0.05, 0) is 19.1 Å². The van der Waals surface area contributed by atoms with Gasteiger partial charge in [-0.1, -0.05) is 41.1 Å². The molecule has 134 valence electrons. The lowest BCUT2D eigenvalue weighted by Gasteiger charge is -2.07. The van der Waals surface area contributed by atoms with Gasteiger partial charge in [0.1, 0.15) is 17.2 Å². The maximum atomic E-state index is 11.9. The molecule has 6 heteroatoms. The zero-order chi connectivity index (χ0) is 18.4. The van der Waals surface area contributed by atoms with E-state index in [9.17, 15) is 4.79 Å². The molecule has 2 aromatic carbocycles. The van der Waals surface area contributed by atoms with Gasteiger partial charge in [-0.2, -0.15) is 0 Å². The molecule has 0 radical (unpaired) electrons. The molecule has 0 unspecified atom stereocenters. The van der Waals surface area contributed by atoms with Crippen LogP contribution in [0.2, 0.25) is 0 Å². The molecule has 3 rings (SSSR count). The van der Waals surface area contributed by atoms with Crippen molar-refractivity contribution in [2.24, 2.45) is 0 Å². The molecule has 6 nitrogen and oxygen atoms in total. The van der Waals surface area contributed by atoms with Gasteiger partial charge in [0.2, 0.25) is 0 Å². The molecule has 0 bridgehead atoms. The van der Waals surface area contributed by atoms with Crippen molar-refractivity contribution in [1.82, 2.24) is 10.5 Å². The molecule has 0 aliphatic heterocycles. The summed E-state index contributed by atoms with van der Waals surface area (Å²) in [5.41, 5.74) is 2.77. The largest absolute Gasteiger partial charge is 0.497 e. The van der Waals surface area contributed by atoms with Gasteiger partial charge >= 0.3 is 0 Å². The second-order valence-electron chi connectivity index (χ2n) is 5.79. The number of carbonyl (C=O) groups excluding carboxylic acids is 1. The van der Waals surface area contributed by atoms with E-state index in [4.69, 9.17) is 14.0 Å². The summed E-state index contributed by atoms with van der Waals surface area (Å²) in [5, 5.41) is 6.73. The van der Waals surface area contributed by atoms with E-state index >= 15 is 0 Å². The van der Waals surface area contributed by atoms with Gasteiger partial charge in [0.25, 0.3) is 5.91 Å². The predicted octanol–water partition coefficient (Wildman–Crippen LogP) is 3.35. The van der Waals surface area contributed by atoms with Crippen molar-refractivity contribution < 1.29 is 18.8 Å². The van der Waals surface area contributed by atoms with E-state index in [2.05, 4.69) is 10.5 Å². The number of amides is 1. The number of benzene rings is 2. The number of rotatable bonds is 7. The highest BCUT2D eigenvalue weighted by Crippen LogP contribution is 2.21. The van der Waals surface area contributed by atoms with Crippen molar-refractivity contribution in [2.75, 3.05) is 13.7 Å². The third kappa shape index (κ3) is 4.63. The fourth-order valence-corrected chi connectivity index (χ4v) is 2.33. The fraction of sp³-hybridized carbons (Fsp3) is 0.200. The van der Waals surface area contributed by atoms with E-state index < -0.39 is 0 Å². The Morgan fingerprint density at radius 3 is 2.65 bits per heavy atom. The topological polar surface area (TPSA) is 73.6 Å². The molecule has 0 atom stereocenters. The minimum Gasteiger partial charge on any atom is -0.497 e. The molecule has 0 saturated carbocycles. The molecule has 1 amide bonds. The van der Waals surface area contributed by atoms with Crippen molar-refractivity contribution in [3.05, 3.63) is 65.9 Å². The van der Waals surface area contributed by atoms with Crippen molar-refractivity contribution >= 4 is 5.91 Å². The van der Waals surface area contributed by atoms with Crippen LogP contribution in [0.15, 0.2) is 59.1 Å². The molecule has 1 aromatic heterocycles. The van der Waals surface area contributed by atoms with Crippen molar-refractivity contribution in [1.29, 1.82) is 0 Å². The van der Waals surface area contributed by atoms with Crippen LogP contribution in [0.3, 0.4) is 0 Å². The normalized spacial score (nSPS) is 10.4. The first kappa shape index (κ1) is 17.5. The second kappa shape index (κ2) is 8.20. The average molecular weight is 352 g/mol. The van der Waals surface area contributed by atoms with Crippen LogP contribution in [0.25, 0.3) is 11.3 Å². The van der Waals surface area contributed by atoms with Crippen LogP contribution >= 0.6 is 0 Å². The highest BCUT2D eigenvalue weighted by Gasteiger charge is 2.09. The maximum Gasteiger partial charge on any atom is 0.258 e. The molecule has 0 saturated heterocycles. The Hall–Kier alpha value is -3.28. The number of hydrogen-bond donors (Lipinski definition) is 1. The average Bonchev–Trinajstić information content (AvgIpc) is 3.14. The highest BCUT2D eigenvalue weighted by atomic mass is 16.5. The van der Waals surface area contributed by atoms with Crippen molar-refractivity contribution in [3.63, 3.8) is 0 Å². The number of aryl methyl sites for hydroxylation is 1. The summed E-state index contributed by atoms with van der Waals surface area (Å²) >= 11 is 0. The lowest BCUT2D eigenvalue weighted by molar-refractivity contribution is -0.123. The van der Waals surface area contributed by atoms with Gasteiger partial charge in [-0.15, -0.1) is 0 Å². The number of aromatic nitrogens is 1. The van der Waals surface area contributed by atoms with E-state index in [0.717, 1.165) is 5.56 Å². The van der Waals surface area contributed by atoms with Gasteiger partial charge in [0.15, 0.2) is 12.4 Å². The van der Waals surface area contributed by atoms with Crippen molar-refractivity contribution in [2.45, 2.75) is 13.5 Å². The minimum atomic E-state index is -0.243. The Kier molecular flexibility index (Phi) is 5.53. The molecule has 0 spiro atoms. The second-order valence-corrected chi connectivity index (χ2v) is 5.79. The Balaban J connectivity index is 1.49. The summed E-state index contributed by atoms with van der Waals surface area (Å²) in [6.07, 6.45) is 0.